The van der Waals surface area contributed by atoms with Crippen LogP contribution < -0.4 is 16.0 Å². The van der Waals surface area contributed by atoms with E-state index in [4.69, 9.17) is 0 Å². The molecule has 1 fully saturated rings. The van der Waals surface area contributed by atoms with E-state index in [9.17, 15) is 13.2 Å². The topological polar surface area (TPSA) is 50.2 Å². The molecule has 1 aliphatic heterocycles. The molecule has 1 saturated heterocycles. The second-order valence-electron chi connectivity index (χ2n) is 4.55. The van der Waals surface area contributed by atoms with Crippen LogP contribution in [0.2, 0.25) is 0 Å². The molecule has 21 heavy (non-hydrogen) atoms. The first-order chi connectivity index (χ1) is 9.73. The maximum atomic E-state index is 9.58. The Hall–Kier alpha value is 0.344. The van der Waals surface area contributed by atoms with Gasteiger partial charge in [0.05, 0.1) is 0 Å². The van der Waals surface area contributed by atoms with E-state index in [0.29, 0.717) is 0 Å². The van der Waals surface area contributed by atoms with Crippen LogP contribution in [0.25, 0.3) is 5.32 Å². The molecule has 1 heterocycles. The zero-order valence-electron chi connectivity index (χ0n) is 12.6. The SMILES string of the molecule is C1C[N-]CCCNCCCNCCCNC1.F[C-](F)F.[Ti+2]. The molecule has 8 heteroatoms. The molecule has 0 atom stereocenters. The van der Waals surface area contributed by atoms with Crippen molar-refractivity contribution in [2.24, 2.45) is 0 Å². The standard InChI is InChI=1S/C12H27N4.CF3.Ti/c1-5-13-7-2-9-15-11-4-12-16-10-3-8-14-6-1;2-1(3)4;/h13-15H,1-12H2;;/q2*-1;+2. The van der Waals surface area contributed by atoms with Crippen molar-refractivity contribution < 1.29 is 34.9 Å². The Morgan fingerprint density at radius 3 is 1.24 bits per heavy atom. The van der Waals surface area contributed by atoms with Crippen molar-refractivity contribution in [1.82, 2.24) is 16.0 Å². The number of hydrogen-bond acceptors (Lipinski definition) is 3. The van der Waals surface area contributed by atoms with Crippen LogP contribution in [-0.2, 0) is 21.7 Å². The normalized spacial score (nSPS) is 20.0. The Morgan fingerprint density at radius 2 is 0.905 bits per heavy atom. The largest absolute Gasteiger partial charge is 2.00 e. The van der Waals surface area contributed by atoms with Gasteiger partial charge >= 0.3 is 21.7 Å². The predicted molar refractivity (Wildman–Crippen MR) is 76.7 cm³/mol. The molecular weight excluding hydrogens is 317 g/mol. The van der Waals surface area contributed by atoms with Crippen LogP contribution in [0.4, 0.5) is 13.2 Å². The van der Waals surface area contributed by atoms with Gasteiger partial charge in [0.1, 0.15) is 0 Å². The van der Waals surface area contributed by atoms with Gasteiger partial charge in [0.15, 0.2) is 6.68 Å². The van der Waals surface area contributed by atoms with Crippen LogP contribution in [-0.4, -0.2) is 52.4 Å². The van der Waals surface area contributed by atoms with Gasteiger partial charge in [0.25, 0.3) is 0 Å². The first-order valence-corrected chi connectivity index (χ1v) is 7.32. The smallest absolute Gasteiger partial charge is 0.662 e. The molecule has 3 N–H and O–H groups in total. The maximum absolute atomic E-state index is 9.58. The molecule has 0 aromatic rings. The third-order valence-corrected chi connectivity index (χ3v) is 2.75. The summed E-state index contributed by atoms with van der Waals surface area (Å²) in [4.78, 5) is 0. The molecule has 0 spiro atoms. The molecule has 0 bridgehead atoms. The van der Waals surface area contributed by atoms with Crippen molar-refractivity contribution in [3.63, 3.8) is 0 Å². The molecule has 0 unspecified atom stereocenters. The first kappa shape index (κ1) is 23.6. The van der Waals surface area contributed by atoms with E-state index in [1.165, 1.54) is 25.7 Å². The average molecular weight is 344 g/mol. The molecule has 0 aromatic carbocycles. The summed E-state index contributed by atoms with van der Waals surface area (Å²) in [6.07, 6.45) is 4.82. The van der Waals surface area contributed by atoms with Gasteiger partial charge in [0, 0.05) is 0 Å². The average Bonchev–Trinajstić information content (AvgIpc) is 2.38. The summed E-state index contributed by atoms with van der Waals surface area (Å²) in [5, 5.41) is 14.9. The van der Waals surface area contributed by atoms with E-state index in [2.05, 4.69) is 21.3 Å². The molecular formula is C13H27F3N4Ti. The molecule has 4 nitrogen and oxygen atoms in total. The van der Waals surface area contributed by atoms with E-state index in [0.717, 1.165) is 52.4 Å². The van der Waals surface area contributed by atoms with Gasteiger partial charge in [-0.1, -0.05) is 12.8 Å². The van der Waals surface area contributed by atoms with Crippen LogP contribution in [0.5, 0.6) is 0 Å². The molecule has 0 aliphatic carbocycles. The minimum absolute atomic E-state index is 0. The van der Waals surface area contributed by atoms with Crippen LogP contribution >= 0.6 is 0 Å². The summed E-state index contributed by atoms with van der Waals surface area (Å²) in [6.45, 7) is 5.71. The predicted octanol–water partition coefficient (Wildman–Crippen LogP) is 2.04. The van der Waals surface area contributed by atoms with Gasteiger partial charge in [-0.3, -0.25) is 0 Å². The second kappa shape index (κ2) is 20.3. The van der Waals surface area contributed by atoms with Crippen molar-refractivity contribution >= 4 is 0 Å². The van der Waals surface area contributed by atoms with Gasteiger partial charge < -0.3 is 34.4 Å². The van der Waals surface area contributed by atoms with E-state index in [-0.39, 0.29) is 21.7 Å². The fourth-order valence-electron chi connectivity index (χ4n) is 1.80. The zero-order chi connectivity index (χ0) is 14.9. The number of nitrogens with zero attached hydrogens (tertiary/aromatic N) is 1. The van der Waals surface area contributed by atoms with E-state index >= 15 is 0 Å². The van der Waals surface area contributed by atoms with Crippen LogP contribution in [0.1, 0.15) is 25.7 Å². The van der Waals surface area contributed by atoms with Gasteiger partial charge in [-0.2, -0.15) is 0 Å². The monoisotopic (exact) mass is 344 g/mol. The minimum Gasteiger partial charge on any atom is -0.662 e. The van der Waals surface area contributed by atoms with Gasteiger partial charge in [-0.15, -0.1) is 13.1 Å². The summed E-state index contributed by atoms with van der Waals surface area (Å²) in [7, 11) is 0. The number of rotatable bonds is 0. The minimum atomic E-state index is -3.08. The van der Waals surface area contributed by atoms with Crippen LogP contribution in [0.15, 0.2) is 0 Å². The van der Waals surface area contributed by atoms with Crippen molar-refractivity contribution in [3.8, 4) is 0 Å². The maximum Gasteiger partial charge on any atom is 2.00 e. The summed E-state index contributed by atoms with van der Waals surface area (Å²) in [6, 6.07) is 0. The molecule has 0 aromatic heterocycles. The van der Waals surface area contributed by atoms with E-state index in [1.54, 1.807) is 0 Å². The second-order valence-corrected chi connectivity index (χ2v) is 4.55. The Labute approximate surface area is 141 Å². The molecule has 124 valence electrons. The Balaban J connectivity index is 0. The number of nitrogens with one attached hydrogen (secondary N) is 3. The quantitative estimate of drug-likeness (QED) is 0.466. The van der Waals surface area contributed by atoms with E-state index in [1.807, 2.05) is 0 Å². The summed E-state index contributed by atoms with van der Waals surface area (Å²) < 4.78 is 28.8. The molecule has 0 amide bonds. The third-order valence-electron chi connectivity index (χ3n) is 2.75. The molecule has 0 saturated carbocycles. The Morgan fingerprint density at radius 1 is 0.619 bits per heavy atom. The molecule has 1 aliphatic rings. The zero-order valence-corrected chi connectivity index (χ0v) is 14.1. The summed E-state index contributed by atoms with van der Waals surface area (Å²) in [5.74, 6) is 0. The molecule has 1 rings (SSSR count). The van der Waals surface area contributed by atoms with Crippen molar-refractivity contribution in [2.45, 2.75) is 25.7 Å². The van der Waals surface area contributed by atoms with Crippen LogP contribution in [0.3, 0.4) is 0 Å². The van der Waals surface area contributed by atoms with Crippen molar-refractivity contribution in [3.05, 3.63) is 12.0 Å². The number of hydrogen-bond donors (Lipinski definition) is 3. The van der Waals surface area contributed by atoms with Crippen LogP contribution in [0, 0.1) is 6.68 Å². The van der Waals surface area contributed by atoms with Crippen molar-refractivity contribution in [2.75, 3.05) is 52.4 Å². The Bertz CT molecular complexity index is 124. The van der Waals surface area contributed by atoms with E-state index < -0.39 is 6.68 Å². The fraction of sp³-hybridized carbons (Fsp3) is 0.923. The fourth-order valence-corrected chi connectivity index (χ4v) is 1.80. The number of halogens is 3. The molecule has 0 radical (unpaired) electrons. The van der Waals surface area contributed by atoms with Gasteiger partial charge in [-0.25, -0.2) is 0 Å². The first-order valence-electron chi connectivity index (χ1n) is 7.32. The summed E-state index contributed by atoms with van der Waals surface area (Å²) in [5.41, 5.74) is 0. The Kier molecular flexibility index (Phi) is 22.9. The van der Waals surface area contributed by atoms with Gasteiger partial charge in [0.2, 0.25) is 0 Å². The van der Waals surface area contributed by atoms with Crippen molar-refractivity contribution in [1.29, 1.82) is 0 Å². The summed E-state index contributed by atoms with van der Waals surface area (Å²) >= 11 is 0. The van der Waals surface area contributed by atoms with Gasteiger partial charge in [-0.05, 0) is 52.1 Å². The third kappa shape index (κ3) is 25.6.